The minimum absolute atomic E-state index is 0.0771. The second-order valence-electron chi connectivity index (χ2n) is 3.98. The largest absolute Gasteiger partial charge is 0.433 e. The maximum Gasteiger partial charge on any atom is 0.433 e. The topological polar surface area (TPSA) is 37.8 Å². The molecule has 2 aromatic heterocycles. The Morgan fingerprint density at radius 1 is 1.15 bits per heavy atom. The van der Waals surface area contributed by atoms with Gasteiger partial charge in [0.25, 0.3) is 0 Å². The van der Waals surface area contributed by atoms with Crippen molar-refractivity contribution in [3.63, 3.8) is 0 Å². The molecule has 3 nitrogen and oxygen atoms in total. The van der Waals surface area contributed by atoms with Crippen molar-refractivity contribution in [2.24, 2.45) is 0 Å². The first-order valence-corrected chi connectivity index (χ1v) is 5.54. The first kappa shape index (κ1) is 14.3. The number of nitrogens with zero attached hydrogens (tertiary/aromatic N) is 2. The van der Waals surface area contributed by atoms with E-state index >= 15 is 0 Å². The first-order valence-electron chi connectivity index (χ1n) is 5.54. The zero-order valence-electron chi connectivity index (χ0n) is 10.1. The van der Waals surface area contributed by atoms with E-state index in [1.54, 1.807) is 0 Å². The zero-order chi connectivity index (χ0) is 14.8. The Balaban J connectivity index is 2.02. The Bertz CT molecular complexity index is 599. The fraction of sp³-hybridized carbons (Fsp3) is 0.167. The standard InChI is InChI=1S/C12H8BF4N3/c13-8-2-4-10(20-11(8)14)19-6-7-1-3-9(18-5-7)12(15,16)17/h1-5H,6H2,(H,19,20). The molecule has 0 unspecified atom stereocenters. The van der Waals surface area contributed by atoms with Gasteiger partial charge in [0, 0.05) is 12.7 Å². The van der Waals surface area contributed by atoms with Crippen molar-refractivity contribution in [2.75, 3.05) is 5.32 Å². The van der Waals surface area contributed by atoms with Crippen LogP contribution in [0, 0.1) is 5.95 Å². The van der Waals surface area contributed by atoms with Crippen LogP contribution in [0.5, 0.6) is 0 Å². The van der Waals surface area contributed by atoms with Gasteiger partial charge >= 0.3 is 6.18 Å². The molecule has 0 bridgehead atoms. The van der Waals surface area contributed by atoms with Crippen LogP contribution in [0.2, 0.25) is 0 Å². The lowest BCUT2D eigenvalue weighted by Crippen LogP contribution is -2.13. The molecule has 0 amide bonds. The van der Waals surface area contributed by atoms with Gasteiger partial charge in [-0.2, -0.15) is 17.6 Å². The molecule has 2 radical (unpaired) electrons. The van der Waals surface area contributed by atoms with Crippen molar-refractivity contribution in [3.05, 3.63) is 47.7 Å². The van der Waals surface area contributed by atoms with Gasteiger partial charge in [-0.3, -0.25) is 4.98 Å². The fourth-order valence-corrected chi connectivity index (χ4v) is 1.43. The van der Waals surface area contributed by atoms with Crippen molar-refractivity contribution in [3.8, 4) is 0 Å². The highest BCUT2D eigenvalue weighted by Crippen LogP contribution is 2.27. The highest BCUT2D eigenvalue weighted by molar-refractivity contribution is 6.32. The van der Waals surface area contributed by atoms with Crippen LogP contribution in [0.3, 0.4) is 0 Å². The zero-order valence-corrected chi connectivity index (χ0v) is 10.1. The lowest BCUT2D eigenvalue weighted by molar-refractivity contribution is -0.141. The van der Waals surface area contributed by atoms with Crippen molar-refractivity contribution < 1.29 is 17.6 Å². The summed E-state index contributed by atoms with van der Waals surface area (Å²) in [6, 6.07) is 4.98. The van der Waals surface area contributed by atoms with Crippen molar-refractivity contribution in [2.45, 2.75) is 12.7 Å². The van der Waals surface area contributed by atoms with Gasteiger partial charge < -0.3 is 5.32 Å². The molecular weight excluding hydrogens is 273 g/mol. The monoisotopic (exact) mass is 281 g/mol. The number of rotatable bonds is 3. The number of pyridine rings is 2. The molecule has 20 heavy (non-hydrogen) atoms. The van der Waals surface area contributed by atoms with Gasteiger partial charge in [-0.15, -0.1) is 0 Å². The number of aromatic nitrogens is 2. The maximum absolute atomic E-state index is 13.1. The van der Waals surface area contributed by atoms with Gasteiger partial charge in [0.15, 0.2) is 0 Å². The molecule has 0 saturated heterocycles. The summed E-state index contributed by atoms with van der Waals surface area (Å²) in [5, 5.41) is 2.76. The molecule has 0 aliphatic heterocycles. The molecule has 2 rings (SSSR count). The van der Waals surface area contributed by atoms with E-state index in [1.165, 1.54) is 18.2 Å². The van der Waals surface area contributed by atoms with E-state index in [0.717, 1.165) is 12.3 Å². The molecule has 102 valence electrons. The molecular formula is C12H8BF4N3. The highest BCUT2D eigenvalue weighted by Gasteiger charge is 2.31. The molecule has 2 aromatic rings. The summed E-state index contributed by atoms with van der Waals surface area (Å²) in [6.45, 7) is 0.168. The first-order chi connectivity index (χ1) is 9.36. The summed E-state index contributed by atoms with van der Waals surface area (Å²) < 4.78 is 50.0. The van der Waals surface area contributed by atoms with Crippen molar-refractivity contribution in [1.82, 2.24) is 9.97 Å². The molecule has 2 heterocycles. The third-order valence-electron chi connectivity index (χ3n) is 2.47. The minimum Gasteiger partial charge on any atom is -0.366 e. The van der Waals surface area contributed by atoms with Gasteiger partial charge in [-0.25, -0.2) is 4.98 Å². The van der Waals surface area contributed by atoms with Gasteiger partial charge in [-0.05, 0) is 23.2 Å². The lowest BCUT2D eigenvalue weighted by Gasteiger charge is -2.08. The van der Waals surface area contributed by atoms with Crippen molar-refractivity contribution >= 4 is 19.1 Å². The molecule has 0 aliphatic rings. The molecule has 0 aromatic carbocycles. The van der Waals surface area contributed by atoms with Crippen LogP contribution in [0.1, 0.15) is 11.3 Å². The van der Waals surface area contributed by atoms with Crippen LogP contribution < -0.4 is 10.8 Å². The van der Waals surface area contributed by atoms with Crippen LogP contribution in [0.25, 0.3) is 0 Å². The van der Waals surface area contributed by atoms with Crippen LogP contribution >= 0.6 is 0 Å². The van der Waals surface area contributed by atoms with Gasteiger partial charge in [0.2, 0.25) is 5.95 Å². The number of halogens is 4. The Morgan fingerprint density at radius 2 is 1.90 bits per heavy atom. The Hall–Kier alpha value is -2.12. The summed E-state index contributed by atoms with van der Waals surface area (Å²) in [5.74, 6) is -0.572. The van der Waals surface area contributed by atoms with Crippen LogP contribution in [-0.4, -0.2) is 17.8 Å². The normalized spacial score (nSPS) is 11.4. The quantitative estimate of drug-likeness (QED) is 0.531. The summed E-state index contributed by atoms with van der Waals surface area (Å²) in [5.41, 5.74) is -0.526. The van der Waals surface area contributed by atoms with Crippen molar-refractivity contribution in [1.29, 1.82) is 0 Å². The molecule has 1 N–H and O–H groups in total. The van der Waals surface area contributed by atoms with E-state index in [2.05, 4.69) is 15.3 Å². The summed E-state index contributed by atoms with van der Waals surface area (Å²) >= 11 is 0. The molecule has 0 fully saturated rings. The summed E-state index contributed by atoms with van der Waals surface area (Å²) in [4.78, 5) is 6.86. The maximum atomic E-state index is 13.1. The number of hydrogen-bond donors (Lipinski definition) is 1. The second-order valence-corrected chi connectivity index (χ2v) is 3.98. The second kappa shape index (κ2) is 5.48. The van der Waals surface area contributed by atoms with E-state index in [1.807, 2.05) is 0 Å². The third-order valence-corrected chi connectivity index (χ3v) is 2.47. The molecule has 8 heteroatoms. The number of nitrogens with one attached hydrogen (secondary N) is 1. The lowest BCUT2D eigenvalue weighted by atomic mass is 9.98. The van der Waals surface area contributed by atoms with Crippen LogP contribution in [0.15, 0.2) is 30.5 Å². The predicted octanol–water partition coefficient (Wildman–Crippen LogP) is 2.04. The van der Waals surface area contributed by atoms with E-state index < -0.39 is 17.8 Å². The van der Waals surface area contributed by atoms with E-state index in [0.29, 0.717) is 5.56 Å². The Kier molecular flexibility index (Phi) is 3.92. The van der Waals surface area contributed by atoms with E-state index in [-0.39, 0.29) is 17.8 Å². The summed E-state index contributed by atoms with van der Waals surface area (Å²) in [7, 11) is 5.27. The van der Waals surface area contributed by atoms with Crippen LogP contribution in [-0.2, 0) is 12.7 Å². The Morgan fingerprint density at radius 3 is 2.45 bits per heavy atom. The number of anilines is 1. The SMILES string of the molecule is [B]c1ccc(NCc2ccc(C(F)(F)F)nc2)nc1F. The fourth-order valence-electron chi connectivity index (χ4n) is 1.43. The molecule has 0 aliphatic carbocycles. The average Bonchev–Trinajstić information content (AvgIpc) is 2.40. The molecule has 0 atom stereocenters. The number of hydrogen-bond acceptors (Lipinski definition) is 3. The van der Waals surface area contributed by atoms with Crippen LogP contribution in [0.4, 0.5) is 23.4 Å². The van der Waals surface area contributed by atoms with Gasteiger partial charge in [0.1, 0.15) is 19.4 Å². The van der Waals surface area contributed by atoms with E-state index in [4.69, 9.17) is 7.85 Å². The third kappa shape index (κ3) is 3.46. The van der Waals surface area contributed by atoms with Gasteiger partial charge in [0.05, 0.1) is 0 Å². The minimum atomic E-state index is -4.46. The number of alkyl halides is 3. The smallest absolute Gasteiger partial charge is 0.366 e. The Labute approximate surface area is 113 Å². The predicted molar refractivity (Wildman–Crippen MR) is 66.1 cm³/mol. The average molecular weight is 281 g/mol. The molecule has 0 spiro atoms. The summed E-state index contributed by atoms with van der Waals surface area (Å²) in [6.07, 6.45) is -3.36. The molecule has 0 saturated carbocycles. The highest BCUT2D eigenvalue weighted by atomic mass is 19.4. The van der Waals surface area contributed by atoms with E-state index in [9.17, 15) is 17.6 Å². The van der Waals surface area contributed by atoms with Gasteiger partial charge in [-0.1, -0.05) is 12.1 Å².